The van der Waals surface area contributed by atoms with Crippen LogP contribution < -0.4 is 5.32 Å². The Labute approximate surface area is 181 Å². The van der Waals surface area contributed by atoms with Crippen molar-refractivity contribution in [2.75, 3.05) is 6.54 Å². The fraction of sp³-hybridized carbons (Fsp3) is 0.762. The van der Waals surface area contributed by atoms with Crippen LogP contribution in [0.3, 0.4) is 0 Å². The average molecular weight is 448 g/mol. The molecule has 1 aromatic heterocycles. The van der Waals surface area contributed by atoms with E-state index in [9.17, 15) is 0 Å². The van der Waals surface area contributed by atoms with Gasteiger partial charge in [0.25, 0.3) is 0 Å². The smallest absolute Gasteiger partial charge is 0.192 e. The zero-order valence-corrected chi connectivity index (χ0v) is 20.7. The van der Waals surface area contributed by atoms with Crippen LogP contribution >= 0.6 is 23.2 Å². The van der Waals surface area contributed by atoms with Crippen molar-refractivity contribution < 1.29 is 9.16 Å². The van der Waals surface area contributed by atoms with Gasteiger partial charge in [0.15, 0.2) is 8.32 Å². The molecule has 1 N–H and O–H groups in total. The predicted molar refractivity (Wildman–Crippen MR) is 121 cm³/mol. The molecule has 0 saturated heterocycles. The second-order valence-electron chi connectivity index (χ2n) is 8.80. The molecule has 0 aliphatic heterocycles. The Bertz CT molecular complexity index is 601. The van der Waals surface area contributed by atoms with E-state index in [1.165, 1.54) is 0 Å². The first kappa shape index (κ1) is 24.1. The molecule has 1 aliphatic rings. The van der Waals surface area contributed by atoms with Gasteiger partial charge in [0.2, 0.25) is 0 Å². The van der Waals surface area contributed by atoms with Crippen LogP contribution in [0, 0.1) is 0 Å². The van der Waals surface area contributed by atoms with Crippen LogP contribution in [-0.4, -0.2) is 37.6 Å². The molecule has 1 saturated carbocycles. The number of halogens is 2. The number of aromatic nitrogens is 1. The van der Waals surface area contributed by atoms with Gasteiger partial charge in [-0.05, 0) is 51.7 Å². The summed E-state index contributed by atoms with van der Waals surface area (Å²) in [7, 11) is -1.82. The highest BCUT2D eigenvalue weighted by atomic mass is 35.5. The molecule has 160 valence electrons. The van der Waals surface area contributed by atoms with Crippen molar-refractivity contribution in [3.63, 3.8) is 0 Å². The van der Waals surface area contributed by atoms with Gasteiger partial charge in [0.05, 0.1) is 27.9 Å². The van der Waals surface area contributed by atoms with E-state index in [1.807, 2.05) is 0 Å². The van der Waals surface area contributed by atoms with Crippen LogP contribution in [0.25, 0.3) is 0 Å². The molecule has 4 nitrogen and oxygen atoms in total. The second kappa shape index (κ2) is 10.2. The highest BCUT2D eigenvalue weighted by Crippen LogP contribution is 2.37. The third kappa shape index (κ3) is 6.41. The van der Waals surface area contributed by atoms with Crippen molar-refractivity contribution in [2.24, 2.45) is 0 Å². The third-order valence-corrected chi connectivity index (χ3v) is 11.0. The van der Waals surface area contributed by atoms with E-state index in [0.717, 1.165) is 36.5 Å². The van der Waals surface area contributed by atoms with Crippen molar-refractivity contribution >= 4 is 31.5 Å². The molecule has 0 radical (unpaired) electrons. The summed E-state index contributed by atoms with van der Waals surface area (Å²) in [6, 6.07) is 3.70. The van der Waals surface area contributed by atoms with Crippen LogP contribution in [0.5, 0.6) is 0 Å². The molecule has 28 heavy (non-hydrogen) atoms. The summed E-state index contributed by atoms with van der Waals surface area (Å²) in [5, 5.41) is 4.82. The number of nitrogens with zero attached hydrogens (tertiary/aromatic N) is 1. The maximum atomic E-state index is 6.81. The maximum Gasteiger partial charge on any atom is 0.192 e. The summed E-state index contributed by atoms with van der Waals surface area (Å²) >= 11 is 13.0. The molecule has 1 fully saturated rings. The summed E-state index contributed by atoms with van der Waals surface area (Å²) < 4.78 is 12.9. The van der Waals surface area contributed by atoms with Gasteiger partial charge in [-0.1, -0.05) is 44.0 Å². The van der Waals surface area contributed by atoms with Gasteiger partial charge in [-0.3, -0.25) is 4.98 Å². The lowest BCUT2D eigenvalue weighted by Crippen LogP contribution is -2.49. The Morgan fingerprint density at radius 1 is 1.11 bits per heavy atom. The number of hydrogen-bond donors (Lipinski definition) is 1. The number of rotatable bonds is 10. The summed E-state index contributed by atoms with van der Waals surface area (Å²) in [5.74, 6) is 0. The Hall–Kier alpha value is -0.173. The molecule has 2 rings (SSSR count). The van der Waals surface area contributed by atoms with Gasteiger partial charge < -0.3 is 14.5 Å². The largest absolute Gasteiger partial charge is 0.409 e. The molecule has 0 spiro atoms. The van der Waals surface area contributed by atoms with E-state index in [1.54, 1.807) is 12.4 Å². The van der Waals surface area contributed by atoms with E-state index in [2.05, 4.69) is 51.8 Å². The van der Waals surface area contributed by atoms with Gasteiger partial charge >= 0.3 is 0 Å². The van der Waals surface area contributed by atoms with E-state index < -0.39 is 8.32 Å². The number of pyridine rings is 1. The van der Waals surface area contributed by atoms with Gasteiger partial charge in [-0.2, -0.15) is 0 Å². The number of ether oxygens (including phenoxy) is 1. The van der Waals surface area contributed by atoms with E-state index in [0.29, 0.717) is 28.7 Å². The lowest BCUT2D eigenvalue weighted by molar-refractivity contribution is -0.103. The quantitative estimate of drug-likeness (QED) is 0.422. The fourth-order valence-electron chi connectivity index (χ4n) is 3.84. The highest BCUT2D eigenvalue weighted by molar-refractivity contribution is 6.73. The molecular weight excluding hydrogens is 411 g/mol. The van der Waals surface area contributed by atoms with Crippen molar-refractivity contribution in [1.29, 1.82) is 0 Å². The minimum absolute atomic E-state index is 0.0893. The zero-order chi connectivity index (χ0) is 20.9. The first-order valence-corrected chi connectivity index (χ1v) is 13.8. The predicted octanol–water partition coefficient (Wildman–Crippen LogP) is 6.39. The van der Waals surface area contributed by atoms with Crippen LogP contribution in [-0.2, 0) is 9.16 Å². The summed E-state index contributed by atoms with van der Waals surface area (Å²) in [5.41, 5.74) is 0.772. The van der Waals surface area contributed by atoms with E-state index in [-0.39, 0.29) is 11.7 Å². The van der Waals surface area contributed by atoms with Crippen LogP contribution in [0.2, 0.25) is 28.2 Å². The number of nitrogens with one attached hydrogen (secondary N) is 1. The lowest BCUT2D eigenvalue weighted by Gasteiger charge is -2.41. The Kier molecular flexibility index (Phi) is 8.80. The van der Waals surface area contributed by atoms with Crippen molar-refractivity contribution in [2.45, 2.75) is 96.4 Å². The molecule has 1 atom stereocenters. The molecule has 0 amide bonds. The zero-order valence-electron chi connectivity index (χ0n) is 18.1. The molecule has 7 heteroatoms. The summed E-state index contributed by atoms with van der Waals surface area (Å²) in [6.07, 6.45) is 5.54. The van der Waals surface area contributed by atoms with Gasteiger partial charge in [-0.15, -0.1) is 0 Å². The second-order valence-corrected chi connectivity index (χ2v) is 14.3. The molecule has 0 bridgehead atoms. The van der Waals surface area contributed by atoms with E-state index in [4.69, 9.17) is 32.4 Å². The van der Waals surface area contributed by atoms with Crippen molar-refractivity contribution in [3.8, 4) is 0 Å². The normalized spacial score (nSPS) is 21.4. The minimum Gasteiger partial charge on any atom is -0.409 e. The van der Waals surface area contributed by atoms with Crippen molar-refractivity contribution in [1.82, 2.24) is 10.3 Å². The van der Waals surface area contributed by atoms with Crippen LogP contribution in [0.4, 0.5) is 0 Å². The summed E-state index contributed by atoms with van der Waals surface area (Å²) in [4.78, 5) is 4.11. The molecule has 1 unspecified atom stereocenters. The average Bonchev–Trinajstić information content (AvgIpc) is 2.59. The number of hydrogen-bond acceptors (Lipinski definition) is 4. The molecule has 0 aromatic carbocycles. The van der Waals surface area contributed by atoms with Gasteiger partial charge in [-0.25, -0.2) is 0 Å². The van der Waals surface area contributed by atoms with Crippen LogP contribution in [0.15, 0.2) is 12.4 Å². The Morgan fingerprint density at radius 3 is 2.11 bits per heavy atom. The van der Waals surface area contributed by atoms with Crippen molar-refractivity contribution in [3.05, 3.63) is 28.0 Å². The molecule has 1 heterocycles. The molecule has 1 aliphatic carbocycles. The maximum absolute atomic E-state index is 6.81. The Balaban J connectivity index is 2.08. The molecular formula is C21H36Cl2N2O2Si. The monoisotopic (exact) mass is 446 g/mol. The minimum atomic E-state index is -1.82. The summed E-state index contributed by atoms with van der Waals surface area (Å²) in [6.45, 7) is 13.7. The SMILES string of the molecule is CC[Si](CC)(CC)OC(CN[C@H]1C[C@H](OC(C)(C)C)C1)c1c(Cl)cncc1Cl. The Morgan fingerprint density at radius 2 is 1.64 bits per heavy atom. The first-order chi connectivity index (χ1) is 13.1. The van der Waals surface area contributed by atoms with Crippen LogP contribution in [0.1, 0.15) is 66.1 Å². The first-order valence-electron chi connectivity index (χ1n) is 10.5. The van der Waals surface area contributed by atoms with Gasteiger partial charge in [0, 0.05) is 30.5 Å². The van der Waals surface area contributed by atoms with E-state index >= 15 is 0 Å². The lowest BCUT2D eigenvalue weighted by atomic mass is 9.88. The topological polar surface area (TPSA) is 43.4 Å². The fourth-order valence-corrected chi connectivity index (χ4v) is 7.25. The third-order valence-electron chi connectivity index (χ3n) is 5.74. The highest BCUT2D eigenvalue weighted by Gasteiger charge is 2.36. The molecule has 1 aromatic rings. The standard InChI is InChI=1S/C21H36Cl2N2O2Si/c1-7-28(8-2,9-3)27-19(20-17(22)12-24-13-18(20)23)14-25-15-10-16(11-15)26-21(4,5)6/h12-13,15-16,19,25H,7-11,14H2,1-6H3/t15-,16-,19?. The van der Waals surface area contributed by atoms with Gasteiger partial charge in [0.1, 0.15) is 0 Å².